The van der Waals surface area contributed by atoms with Crippen molar-refractivity contribution in [1.29, 1.82) is 0 Å². The third-order valence-electron chi connectivity index (χ3n) is 1.99. The quantitative estimate of drug-likeness (QED) is 0.836. The van der Waals surface area contributed by atoms with Gasteiger partial charge in [0.2, 0.25) is 0 Å². The Hall–Kier alpha value is -0.270. The molecule has 0 radical (unpaired) electrons. The van der Waals surface area contributed by atoms with E-state index in [1.54, 1.807) is 24.3 Å². The van der Waals surface area contributed by atoms with Crippen molar-refractivity contribution in [1.82, 2.24) is 0 Å². The van der Waals surface area contributed by atoms with Gasteiger partial charge in [0.25, 0.3) is 10.0 Å². The molecule has 0 amide bonds. The summed E-state index contributed by atoms with van der Waals surface area (Å²) in [5, 5.41) is 0. The van der Waals surface area contributed by atoms with Crippen LogP contribution in [0.3, 0.4) is 0 Å². The zero-order chi connectivity index (χ0) is 13.3. The van der Waals surface area contributed by atoms with Crippen molar-refractivity contribution in [3.63, 3.8) is 0 Å². The van der Waals surface area contributed by atoms with Gasteiger partial charge in [-0.2, -0.15) is 0 Å². The molecule has 0 aliphatic rings. The van der Waals surface area contributed by atoms with Gasteiger partial charge in [-0.15, -0.1) is 11.3 Å². The fourth-order valence-electron chi connectivity index (χ4n) is 1.27. The van der Waals surface area contributed by atoms with Gasteiger partial charge in [-0.1, -0.05) is 45.2 Å². The van der Waals surface area contributed by atoms with E-state index in [0.717, 1.165) is 15.8 Å². The van der Waals surface area contributed by atoms with Crippen LogP contribution in [0.15, 0.2) is 39.7 Å². The van der Waals surface area contributed by atoms with E-state index in [0.29, 0.717) is 10.0 Å². The molecule has 0 unspecified atom stereocenters. The zero-order valence-electron chi connectivity index (χ0n) is 8.65. The summed E-state index contributed by atoms with van der Waals surface area (Å²) >= 11 is 15.8. The van der Waals surface area contributed by atoms with Crippen LogP contribution >= 0.6 is 50.5 Å². The second kappa shape index (κ2) is 5.38. The van der Waals surface area contributed by atoms with E-state index in [2.05, 4.69) is 20.7 Å². The van der Waals surface area contributed by atoms with Gasteiger partial charge in [-0.05, 0) is 24.3 Å². The number of hydrogen-bond acceptors (Lipinski definition) is 3. The highest BCUT2D eigenvalue weighted by molar-refractivity contribution is 9.10. The molecule has 0 spiro atoms. The van der Waals surface area contributed by atoms with Crippen LogP contribution in [0.25, 0.3) is 0 Å². The minimum atomic E-state index is -3.72. The zero-order valence-corrected chi connectivity index (χ0v) is 13.4. The van der Waals surface area contributed by atoms with E-state index in [4.69, 9.17) is 23.2 Å². The molecular weight excluding hydrogens is 381 g/mol. The molecule has 3 nitrogen and oxygen atoms in total. The number of rotatable bonds is 3. The van der Waals surface area contributed by atoms with Crippen LogP contribution in [-0.4, -0.2) is 8.42 Å². The fourth-order valence-corrected chi connectivity index (χ4v) is 4.87. The number of anilines is 1. The first-order valence-corrected chi connectivity index (χ1v) is 8.46. The van der Waals surface area contributed by atoms with Crippen LogP contribution in [0.5, 0.6) is 0 Å². The highest BCUT2D eigenvalue weighted by Crippen LogP contribution is 2.35. The van der Waals surface area contributed by atoms with Crippen molar-refractivity contribution < 1.29 is 8.42 Å². The minimum Gasteiger partial charge on any atom is -0.280 e. The molecule has 0 saturated carbocycles. The molecule has 8 heteroatoms. The monoisotopic (exact) mass is 385 g/mol. The summed E-state index contributed by atoms with van der Waals surface area (Å²) in [4.78, 5) is -0.0147. The van der Waals surface area contributed by atoms with Crippen molar-refractivity contribution in [3.05, 3.63) is 43.5 Å². The van der Waals surface area contributed by atoms with Crippen LogP contribution in [0.4, 0.5) is 5.69 Å². The Morgan fingerprint density at radius 1 is 1.22 bits per heavy atom. The smallest absolute Gasteiger partial charge is 0.264 e. The summed E-state index contributed by atoms with van der Waals surface area (Å²) in [5.74, 6) is 0. The lowest BCUT2D eigenvalue weighted by Crippen LogP contribution is -2.12. The van der Waals surface area contributed by atoms with Gasteiger partial charge in [-0.3, -0.25) is 4.72 Å². The highest BCUT2D eigenvalue weighted by Gasteiger charge is 2.21. The average Bonchev–Trinajstić information content (AvgIpc) is 2.58. The molecular formula is C10H6BrCl2NO2S2. The minimum absolute atomic E-state index is 0.0147. The largest absolute Gasteiger partial charge is 0.280 e. The molecule has 1 aromatic carbocycles. The van der Waals surface area contributed by atoms with Gasteiger partial charge in [-0.25, -0.2) is 8.42 Å². The predicted octanol–water partition coefficient (Wildman–Crippen LogP) is 4.62. The molecule has 0 bridgehead atoms. The van der Waals surface area contributed by atoms with Gasteiger partial charge < -0.3 is 0 Å². The fraction of sp³-hybridized carbons (Fsp3) is 0. The van der Waals surface area contributed by atoms with E-state index in [-0.39, 0.29) is 9.23 Å². The van der Waals surface area contributed by atoms with Crippen molar-refractivity contribution in [3.8, 4) is 0 Å². The van der Waals surface area contributed by atoms with Gasteiger partial charge in [0.1, 0.15) is 9.23 Å². The molecule has 1 heterocycles. The maximum absolute atomic E-state index is 12.1. The highest BCUT2D eigenvalue weighted by atomic mass is 79.9. The van der Waals surface area contributed by atoms with E-state index >= 15 is 0 Å². The molecule has 2 aromatic rings. The normalized spacial score (nSPS) is 11.5. The summed E-state index contributed by atoms with van der Waals surface area (Å²) in [7, 11) is -3.72. The lowest BCUT2D eigenvalue weighted by atomic mass is 10.3. The van der Waals surface area contributed by atoms with Gasteiger partial charge in [0.15, 0.2) is 0 Å². The molecule has 0 fully saturated rings. The molecule has 0 aliphatic carbocycles. The van der Waals surface area contributed by atoms with E-state index in [9.17, 15) is 8.42 Å². The third kappa shape index (κ3) is 3.19. The first-order valence-electron chi connectivity index (χ1n) is 4.62. The van der Waals surface area contributed by atoms with Gasteiger partial charge in [0, 0.05) is 10.2 Å². The van der Waals surface area contributed by atoms with Crippen LogP contribution in [-0.2, 0) is 10.0 Å². The number of nitrogens with one attached hydrogen (secondary N) is 1. The maximum Gasteiger partial charge on any atom is 0.264 e. The molecule has 18 heavy (non-hydrogen) atoms. The van der Waals surface area contributed by atoms with E-state index in [1.165, 1.54) is 6.07 Å². The lowest BCUT2D eigenvalue weighted by Gasteiger charge is -2.07. The second-order valence-corrected chi connectivity index (χ2v) is 8.16. The number of benzene rings is 1. The van der Waals surface area contributed by atoms with Crippen LogP contribution in [0.1, 0.15) is 0 Å². The number of sulfonamides is 1. The average molecular weight is 387 g/mol. The van der Waals surface area contributed by atoms with Crippen LogP contribution in [0, 0.1) is 0 Å². The van der Waals surface area contributed by atoms with Crippen molar-refractivity contribution in [2.45, 2.75) is 4.90 Å². The molecule has 1 aromatic heterocycles. The van der Waals surface area contributed by atoms with Crippen LogP contribution < -0.4 is 4.72 Å². The molecule has 0 aliphatic heterocycles. The van der Waals surface area contributed by atoms with E-state index in [1.807, 2.05) is 0 Å². The molecule has 1 N–H and O–H groups in total. The number of halogens is 3. The summed E-state index contributed by atoms with van der Waals surface area (Å²) in [6.45, 7) is 0. The molecule has 96 valence electrons. The Labute approximate surface area is 127 Å². The topological polar surface area (TPSA) is 46.2 Å². The SMILES string of the molecule is O=S(=O)(Nc1cccc(Br)c1)c1cc(Cl)sc1Cl. The second-order valence-electron chi connectivity index (χ2n) is 3.30. The first-order chi connectivity index (χ1) is 8.38. The first kappa shape index (κ1) is 14.1. The summed E-state index contributed by atoms with van der Waals surface area (Å²) in [6.07, 6.45) is 0. The predicted molar refractivity (Wildman–Crippen MR) is 79.3 cm³/mol. The Balaban J connectivity index is 2.36. The Morgan fingerprint density at radius 2 is 1.94 bits per heavy atom. The summed E-state index contributed by atoms with van der Waals surface area (Å²) in [6, 6.07) is 8.15. The van der Waals surface area contributed by atoms with Crippen LogP contribution in [0.2, 0.25) is 8.67 Å². The van der Waals surface area contributed by atoms with Gasteiger partial charge >= 0.3 is 0 Å². The molecule has 2 rings (SSSR count). The standard InChI is InChI=1S/C10H6BrCl2NO2S2/c11-6-2-1-3-7(4-6)14-18(15,16)8-5-9(12)17-10(8)13/h1-5,14H. The van der Waals surface area contributed by atoms with Crippen molar-refractivity contribution in [2.24, 2.45) is 0 Å². The number of thiophene rings is 1. The molecule has 0 saturated heterocycles. The van der Waals surface area contributed by atoms with Crippen molar-refractivity contribution >= 4 is 66.2 Å². The Bertz CT molecular complexity index is 685. The third-order valence-corrected chi connectivity index (χ3v) is 5.62. The maximum atomic E-state index is 12.1. The summed E-state index contributed by atoms with van der Waals surface area (Å²) < 4.78 is 27.8. The van der Waals surface area contributed by atoms with Crippen molar-refractivity contribution in [2.75, 3.05) is 4.72 Å². The summed E-state index contributed by atoms with van der Waals surface area (Å²) in [5.41, 5.74) is 0.447. The van der Waals surface area contributed by atoms with E-state index < -0.39 is 10.0 Å². The number of hydrogen-bond donors (Lipinski definition) is 1. The Morgan fingerprint density at radius 3 is 2.50 bits per heavy atom. The lowest BCUT2D eigenvalue weighted by molar-refractivity contribution is 0.601. The van der Waals surface area contributed by atoms with Gasteiger partial charge in [0.05, 0.1) is 4.34 Å². The Kier molecular flexibility index (Phi) is 4.23. The molecule has 0 atom stereocenters.